The normalized spacial score (nSPS) is 14.6. The summed E-state index contributed by atoms with van der Waals surface area (Å²) in [6, 6.07) is 0. The smallest absolute Gasteiger partial charge is 0.460 e. The summed E-state index contributed by atoms with van der Waals surface area (Å²) >= 11 is 0. The predicted molar refractivity (Wildman–Crippen MR) is 52.3 cm³/mol. The lowest BCUT2D eigenvalue weighted by atomic mass is 10.1. The van der Waals surface area contributed by atoms with Crippen LogP contribution in [0.2, 0.25) is 0 Å². The Morgan fingerprint density at radius 1 is 0.905 bits per heavy atom. The second-order valence-corrected chi connectivity index (χ2v) is 3.44. The molecule has 0 saturated carbocycles. The minimum absolute atomic E-state index is 0.521. The van der Waals surface area contributed by atoms with Crippen LogP contribution in [0.1, 0.15) is 13.8 Å². The van der Waals surface area contributed by atoms with Crippen molar-refractivity contribution in [3.05, 3.63) is 11.6 Å². The Balaban J connectivity index is 5.97. The van der Waals surface area contributed by atoms with Crippen LogP contribution in [0.4, 0.5) is 35.1 Å². The van der Waals surface area contributed by atoms with Crippen LogP contribution in [0.15, 0.2) is 11.6 Å². The molecule has 0 fully saturated rings. The van der Waals surface area contributed by atoms with Gasteiger partial charge in [0.2, 0.25) is 5.76 Å². The van der Waals surface area contributed by atoms with Crippen LogP contribution in [0.25, 0.3) is 0 Å². The van der Waals surface area contributed by atoms with E-state index in [1.807, 2.05) is 0 Å². The van der Waals surface area contributed by atoms with Gasteiger partial charge in [0.05, 0.1) is 13.2 Å². The van der Waals surface area contributed by atoms with E-state index >= 15 is 0 Å². The zero-order chi connectivity index (χ0) is 17.1. The first-order valence-corrected chi connectivity index (χ1v) is 5.37. The molecule has 0 aliphatic carbocycles. The lowest BCUT2D eigenvalue weighted by molar-refractivity contribution is -0.351. The van der Waals surface area contributed by atoms with Gasteiger partial charge in [0, 0.05) is 0 Å². The molecule has 0 aliphatic rings. The Kier molecular flexibility index (Phi) is 6.00. The number of allylic oxidation sites excluding steroid dienone is 1. The largest absolute Gasteiger partial charge is 0.489 e. The highest BCUT2D eigenvalue weighted by Gasteiger charge is 2.76. The molecule has 0 radical (unpaired) electrons. The Labute approximate surface area is 113 Å². The van der Waals surface area contributed by atoms with E-state index in [-0.39, 0.29) is 0 Å². The minimum Gasteiger partial charge on any atom is -0.489 e. The van der Waals surface area contributed by atoms with Gasteiger partial charge in [-0.15, -0.1) is 0 Å². The summed E-state index contributed by atoms with van der Waals surface area (Å²) in [5, 5.41) is 0. The summed E-state index contributed by atoms with van der Waals surface area (Å²) in [5.74, 6) is -20.3. The summed E-state index contributed by atoms with van der Waals surface area (Å²) in [6.45, 7) is 0.646. The molecule has 0 atom stereocenters. The van der Waals surface area contributed by atoms with E-state index in [0.29, 0.717) is 0 Å². The topological polar surface area (TPSA) is 35.5 Å². The molecule has 0 N–H and O–H groups in total. The maximum Gasteiger partial charge on any atom is 0.460 e. The summed E-state index contributed by atoms with van der Waals surface area (Å²) in [7, 11) is 0. The SMILES string of the molecule is CCOC(=O)/C(F)=C(/OCC)C(F)(F)C(F)(F)C(F)(F)F. The Morgan fingerprint density at radius 3 is 1.67 bits per heavy atom. The molecule has 0 amide bonds. The second-order valence-electron chi connectivity index (χ2n) is 3.44. The van der Waals surface area contributed by atoms with Crippen molar-refractivity contribution in [2.75, 3.05) is 13.2 Å². The van der Waals surface area contributed by atoms with Gasteiger partial charge >= 0.3 is 24.0 Å². The predicted octanol–water partition coefficient (Wildman–Crippen LogP) is 3.60. The summed E-state index contributed by atoms with van der Waals surface area (Å²) in [6.07, 6.45) is -6.69. The quantitative estimate of drug-likeness (QED) is 0.323. The highest BCUT2D eigenvalue weighted by Crippen LogP contribution is 2.50. The fourth-order valence-corrected chi connectivity index (χ4v) is 1.04. The van der Waals surface area contributed by atoms with Gasteiger partial charge in [0.25, 0.3) is 5.83 Å². The van der Waals surface area contributed by atoms with E-state index in [2.05, 4.69) is 9.47 Å². The Bertz CT molecular complexity index is 413. The van der Waals surface area contributed by atoms with Crippen molar-refractivity contribution in [2.45, 2.75) is 31.9 Å². The van der Waals surface area contributed by atoms with E-state index in [0.717, 1.165) is 13.8 Å². The molecule has 0 aromatic heterocycles. The van der Waals surface area contributed by atoms with Crippen LogP contribution in [0, 0.1) is 0 Å². The van der Waals surface area contributed by atoms with E-state index in [4.69, 9.17) is 0 Å². The monoisotopic (exact) mass is 330 g/mol. The number of halogens is 8. The number of esters is 1. The van der Waals surface area contributed by atoms with Crippen molar-refractivity contribution in [2.24, 2.45) is 0 Å². The van der Waals surface area contributed by atoms with Crippen molar-refractivity contribution in [1.29, 1.82) is 0 Å². The van der Waals surface area contributed by atoms with Gasteiger partial charge in [0.1, 0.15) is 0 Å². The summed E-state index contributed by atoms with van der Waals surface area (Å²) in [5.41, 5.74) is 0. The summed E-state index contributed by atoms with van der Waals surface area (Å²) in [4.78, 5) is 10.9. The number of ether oxygens (including phenoxy) is 2. The highest BCUT2D eigenvalue weighted by atomic mass is 19.4. The zero-order valence-corrected chi connectivity index (χ0v) is 10.7. The maximum absolute atomic E-state index is 13.3. The van der Waals surface area contributed by atoms with Crippen LogP contribution in [0.3, 0.4) is 0 Å². The van der Waals surface area contributed by atoms with Gasteiger partial charge in [-0.2, -0.15) is 35.1 Å². The number of carbonyl (C=O) groups excluding carboxylic acids is 1. The summed E-state index contributed by atoms with van der Waals surface area (Å²) < 4.78 is 109. The van der Waals surface area contributed by atoms with Gasteiger partial charge < -0.3 is 9.47 Å². The third kappa shape index (κ3) is 3.76. The molecule has 21 heavy (non-hydrogen) atoms. The average molecular weight is 330 g/mol. The van der Waals surface area contributed by atoms with Gasteiger partial charge in [-0.25, -0.2) is 4.79 Å². The molecule has 3 nitrogen and oxygen atoms in total. The van der Waals surface area contributed by atoms with Crippen molar-refractivity contribution in [3.63, 3.8) is 0 Å². The molecule has 0 aliphatic heterocycles. The lowest BCUT2D eigenvalue weighted by Gasteiger charge is -2.29. The van der Waals surface area contributed by atoms with Crippen molar-refractivity contribution >= 4 is 5.97 Å². The zero-order valence-electron chi connectivity index (χ0n) is 10.7. The first kappa shape index (κ1) is 19.4. The molecule has 0 bridgehead atoms. The molecule has 0 unspecified atom stereocenters. The van der Waals surface area contributed by atoms with E-state index in [1.54, 1.807) is 0 Å². The van der Waals surface area contributed by atoms with E-state index < -0.39 is 48.8 Å². The molecular formula is C10H10F8O3. The average Bonchev–Trinajstić information content (AvgIpc) is 2.33. The standard InChI is InChI=1S/C10H10F8O3/c1-3-20-6(5(11)7(19)21-4-2)8(12,13)9(14,15)10(16,17)18/h3-4H2,1-2H3/b6-5-. The van der Waals surface area contributed by atoms with E-state index in [9.17, 15) is 39.9 Å². The van der Waals surface area contributed by atoms with Crippen molar-refractivity contribution in [3.8, 4) is 0 Å². The molecular weight excluding hydrogens is 320 g/mol. The van der Waals surface area contributed by atoms with Gasteiger partial charge in [-0.1, -0.05) is 0 Å². The first-order chi connectivity index (χ1) is 9.34. The second kappa shape index (κ2) is 6.48. The fraction of sp³-hybridized carbons (Fsp3) is 0.700. The van der Waals surface area contributed by atoms with Gasteiger partial charge in [-0.05, 0) is 13.8 Å². The molecule has 11 heteroatoms. The van der Waals surface area contributed by atoms with Crippen LogP contribution >= 0.6 is 0 Å². The first-order valence-electron chi connectivity index (χ1n) is 5.37. The molecule has 0 aromatic rings. The van der Waals surface area contributed by atoms with Crippen LogP contribution in [-0.2, 0) is 14.3 Å². The number of carbonyl (C=O) groups is 1. The van der Waals surface area contributed by atoms with Crippen LogP contribution < -0.4 is 0 Å². The van der Waals surface area contributed by atoms with Crippen molar-refractivity contribution < 1.29 is 49.4 Å². The Hall–Kier alpha value is -1.55. The molecule has 0 rings (SSSR count). The fourth-order valence-electron chi connectivity index (χ4n) is 1.04. The third-order valence-electron chi connectivity index (χ3n) is 1.98. The Morgan fingerprint density at radius 2 is 1.33 bits per heavy atom. The van der Waals surface area contributed by atoms with E-state index in [1.165, 1.54) is 0 Å². The van der Waals surface area contributed by atoms with Gasteiger partial charge in [0.15, 0.2) is 0 Å². The van der Waals surface area contributed by atoms with Crippen molar-refractivity contribution in [1.82, 2.24) is 0 Å². The molecule has 0 heterocycles. The number of hydrogen-bond acceptors (Lipinski definition) is 3. The maximum atomic E-state index is 13.3. The highest BCUT2D eigenvalue weighted by molar-refractivity contribution is 5.86. The molecule has 124 valence electrons. The number of rotatable bonds is 6. The molecule has 0 aromatic carbocycles. The van der Waals surface area contributed by atoms with Crippen LogP contribution in [0.5, 0.6) is 0 Å². The third-order valence-corrected chi connectivity index (χ3v) is 1.98. The molecule has 0 spiro atoms. The minimum atomic E-state index is -6.69. The van der Waals surface area contributed by atoms with Crippen LogP contribution in [-0.4, -0.2) is 37.2 Å². The molecule has 0 saturated heterocycles. The van der Waals surface area contributed by atoms with Gasteiger partial charge in [-0.3, -0.25) is 0 Å². The number of hydrogen-bond donors (Lipinski definition) is 0. The lowest BCUT2D eigenvalue weighted by Crippen LogP contribution is -2.53. The number of alkyl halides is 7.